The number of hydrogen-bond acceptors (Lipinski definition) is 8. The molecule has 236 valence electrons. The Morgan fingerprint density at radius 2 is 1.20 bits per heavy atom. The van der Waals surface area contributed by atoms with Crippen molar-refractivity contribution in [3.8, 4) is 12.1 Å². The number of rotatable bonds is 8. The van der Waals surface area contributed by atoms with Crippen LogP contribution in [0.25, 0.3) is 0 Å². The number of nitriles is 2. The fourth-order valence-corrected chi connectivity index (χ4v) is 8.00. The molecule has 8 nitrogen and oxygen atoms in total. The Labute approximate surface area is 285 Å². The van der Waals surface area contributed by atoms with Crippen LogP contribution in [0.5, 0.6) is 0 Å². The van der Waals surface area contributed by atoms with Gasteiger partial charge in [0.2, 0.25) is 11.8 Å². The number of nitrogens with zero attached hydrogens (tertiary/aromatic N) is 4. The fraction of sp³-hybridized carbons (Fsp3) is 0.455. The quantitative estimate of drug-likeness (QED) is 0.293. The molecule has 0 aliphatic carbocycles. The standard InChI is InChI=1S/C33H38N6O2S4/c1-22-7-3-5-13-38(22)32(42)44-20-30(40)36-28-11-9-24(16-26(28)18-34)15-25-10-12-29(27(17-25)19-35)37-31(41)21-45-33(43)39-14-6-4-8-23(39)2/h9-12,16-17,22-23H,3-8,13-15,20-21H2,1-2H3,(H,36,40)(H,37,41). The Morgan fingerprint density at radius 1 is 0.778 bits per heavy atom. The summed E-state index contributed by atoms with van der Waals surface area (Å²) in [6.45, 7) is 6.17. The van der Waals surface area contributed by atoms with E-state index in [2.05, 4.69) is 46.4 Å². The largest absolute Gasteiger partial charge is 0.355 e. The van der Waals surface area contributed by atoms with E-state index in [1.165, 1.54) is 36.4 Å². The summed E-state index contributed by atoms with van der Waals surface area (Å²) in [6.07, 6.45) is 7.32. The van der Waals surface area contributed by atoms with Crippen LogP contribution >= 0.6 is 48.0 Å². The molecule has 45 heavy (non-hydrogen) atoms. The second kappa shape index (κ2) is 17.0. The van der Waals surface area contributed by atoms with Gasteiger partial charge in [-0.3, -0.25) is 9.59 Å². The average molecular weight is 679 g/mol. The van der Waals surface area contributed by atoms with Crippen molar-refractivity contribution < 1.29 is 9.59 Å². The highest BCUT2D eigenvalue weighted by atomic mass is 32.2. The van der Waals surface area contributed by atoms with E-state index in [1.807, 2.05) is 12.1 Å². The minimum absolute atomic E-state index is 0.178. The summed E-state index contributed by atoms with van der Waals surface area (Å²) in [4.78, 5) is 29.7. The zero-order valence-corrected chi connectivity index (χ0v) is 28.9. The fourth-order valence-electron chi connectivity index (χ4n) is 5.57. The van der Waals surface area contributed by atoms with E-state index in [9.17, 15) is 20.1 Å². The molecule has 2 aliphatic heterocycles. The highest BCUT2D eigenvalue weighted by molar-refractivity contribution is 8.23. The summed E-state index contributed by atoms with van der Waals surface area (Å²) in [5.74, 6) is -0.0719. The Bertz CT molecular complexity index is 1410. The van der Waals surface area contributed by atoms with Gasteiger partial charge in [-0.1, -0.05) is 60.1 Å². The summed E-state index contributed by atoms with van der Waals surface area (Å²) >= 11 is 13.8. The van der Waals surface area contributed by atoms with Gasteiger partial charge in [0.25, 0.3) is 0 Å². The molecule has 2 atom stereocenters. The van der Waals surface area contributed by atoms with Gasteiger partial charge in [0.1, 0.15) is 20.8 Å². The van der Waals surface area contributed by atoms with Gasteiger partial charge >= 0.3 is 0 Å². The van der Waals surface area contributed by atoms with Crippen molar-refractivity contribution in [1.82, 2.24) is 9.80 Å². The van der Waals surface area contributed by atoms with E-state index >= 15 is 0 Å². The molecule has 0 saturated carbocycles. The first-order valence-corrected chi connectivity index (χ1v) is 18.0. The van der Waals surface area contributed by atoms with Gasteiger partial charge in [0.05, 0.1) is 34.0 Å². The number of carbonyl (C=O) groups is 2. The van der Waals surface area contributed by atoms with Crippen LogP contribution in [0.15, 0.2) is 36.4 Å². The lowest BCUT2D eigenvalue weighted by Gasteiger charge is -2.35. The maximum atomic E-state index is 12.7. The van der Waals surface area contributed by atoms with E-state index < -0.39 is 0 Å². The Kier molecular flexibility index (Phi) is 13.1. The highest BCUT2D eigenvalue weighted by Crippen LogP contribution is 2.25. The maximum Gasteiger partial charge on any atom is 0.234 e. The predicted octanol–water partition coefficient (Wildman–Crippen LogP) is 6.68. The molecule has 2 aliphatic rings. The highest BCUT2D eigenvalue weighted by Gasteiger charge is 2.23. The third-order valence-corrected chi connectivity index (χ3v) is 11.0. The van der Waals surface area contributed by atoms with Crippen molar-refractivity contribution >= 4 is 79.8 Å². The van der Waals surface area contributed by atoms with Crippen LogP contribution in [0.2, 0.25) is 0 Å². The second-order valence-corrected chi connectivity index (χ2v) is 14.7. The molecule has 0 radical (unpaired) electrons. The van der Waals surface area contributed by atoms with Crippen LogP contribution in [0.1, 0.15) is 74.6 Å². The lowest BCUT2D eigenvalue weighted by molar-refractivity contribution is -0.114. The zero-order chi connectivity index (χ0) is 32.3. The van der Waals surface area contributed by atoms with Crippen LogP contribution in [-0.2, 0) is 16.0 Å². The molecule has 2 unspecified atom stereocenters. The molecule has 2 heterocycles. The van der Waals surface area contributed by atoms with Crippen molar-refractivity contribution in [2.75, 3.05) is 35.2 Å². The van der Waals surface area contributed by atoms with E-state index in [4.69, 9.17) is 24.4 Å². The summed E-state index contributed by atoms with van der Waals surface area (Å²) < 4.78 is 1.47. The Hall–Kier alpha value is -3.16. The Morgan fingerprint density at radius 3 is 1.58 bits per heavy atom. The minimum Gasteiger partial charge on any atom is -0.355 e. The van der Waals surface area contributed by atoms with Gasteiger partial charge < -0.3 is 20.4 Å². The molecule has 2 amide bonds. The first-order chi connectivity index (χ1) is 21.7. The van der Waals surface area contributed by atoms with Gasteiger partial charge in [0, 0.05) is 25.2 Å². The SMILES string of the molecule is CC1CCCCN1C(=S)SCC(=O)Nc1ccc(Cc2ccc(NC(=O)CSC(=S)N3CCCCC3C)c(C#N)c2)cc1C#N. The van der Waals surface area contributed by atoms with Crippen molar-refractivity contribution in [2.45, 2.75) is 70.9 Å². The summed E-state index contributed by atoms with van der Waals surface area (Å²) in [5, 5.41) is 25.2. The number of nitrogens with one attached hydrogen (secondary N) is 2. The smallest absolute Gasteiger partial charge is 0.234 e. The van der Waals surface area contributed by atoms with E-state index in [-0.39, 0.29) is 23.3 Å². The summed E-state index contributed by atoms with van der Waals surface area (Å²) in [6, 6.07) is 15.8. The van der Waals surface area contributed by atoms with Gasteiger partial charge in [-0.2, -0.15) is 10.5 Å². The first-order valence-electron chi connectivity index (χ1n) is 15.2. The first kappa shape index (κ1) is 34.7. The topological polar surface area (TPSA) is 112 Å². The molecule has 0 aromatic heterocycles. The number of carbonyl (C=O) groups excluding carboxylic acids is 2. The number of likely N-dealkylation sites (tertiary alicyclic amines) is 2. The number of amides is 2. The molecule has 12 heteroatoms. The third kappa shape index (κ3) is 9.91. The summed E-state index contributed by atoms with van der Waals surface area (Å²) in [7, 11) is 0. The van der Waals surface area contributed by atoms with Crippen molar-refractivity contribution in [3.05, 3.63) is 58.7 Å². The molecule has 0 spiro atoms. The van der Waals surface area contributed by atoms with E-state index in [1.54, 1.807) is 24.3 Å². The number of thioether (sulfide) groups is 2. The maximum absolute atomic E-state index is 12.7. The van der Waals surface area contributed by atoms with Crippen LogP contribution in [0.3, 0.4) is 0 Å². The van der Waals surface area contributed by atoms with Crippen molar-refractivity contribution in [2.24, 2.45) is 0 Å². The molecule has 4 rings (SSSR count). The molecule has 0 bridgehead atoms. The summed E-state index contributed by atoms with van der Waals surface area (Å²) in [5.41, 5.74) is 3.33. The lowest BCUT2D eigenvalue weighted by atomic mass is 10.00. The molecular weight excluding hydrogens is 641 g/mol. The zero-order valence-electron chi connectivity index (χ0n) is 25.6. The minimum atomic E-state index is -0.214. The Balaban J connectivity index is 1.30. The van der Waals surface area contributed by atoms with Gasteiger partial charge in [-0.15, -0.1) is 0 Å². The monoisotopic (exact) mass is 678 g/mol. The lowest BCUT2D eigenvalue weighted by Crippen LogP contribution is -2.40. The average Bonchev–Trinajstić information content (AvgIpc) is 3.04. The number of anilines is 2. The van der Waals surface area contributed by atoms with Crippen molar-refractivity contribution in [1.29, 1.82) is 10.5 Å². The molecular formula is C33H38N6O2S4. The van der Waals surface area contributed by atoms with Crippen LogP contribution in [0, 0.1) is 22.7 Å². The second-order valence-electron chi connectivity index (χ2n) is 11.4. The van der Waals surface area contributed by atoms with Crippen LogP contribution < -0.4 is 10.6 Å². The van der Waals surface area contributed by atoms with Gasteiger partial charge in [0.15, 0.2) is 0 Å². The van der Waals surface area contributed by atoms with Crippen LogP contribution in [-0.4, -0.2) is 66.9 Å². The van der Waals surface area contributed by atoms with Crippen LogP contribution in [0.4, 0.5) is 11.4 Å². The van der Waals surface area contributed by atoms with Gasteiger partial charge in [-0.05, 0) is 94.2 Å². The van der Waals surface area contributed by atoms with Gasteiger partial charge in [-0.25, -0.2) is 0 Å². The number of thiocarbonyl (C=S) groups is 2. The molecule has 2 aromatic carbocycles. The molecule has 2 aromatic rings. The molecule has 2 saturated heterocycles. The normalized spacial score (nSPS) is 18.0. The third-order valence-electron chi connectivity index (χ3n) is 8.09. The number of benzene rings is 2. The molecule has 2 fully saturated rings. The number of piperidine rings is 2. The predicted molar refractivity (Wildman–Crippen MR) is 193 cm³/mol. The molecule has 2 N–H and O–H groups in total. The van der Waals surface area contributed by atoms with E-state index in [0.29, 0.717) is 41.0 Å². The number of hydrogen-bond donors (Lipinski definition) is 2. The van der Waals surface area contributed by atoms with E-state index in [0.717, 1.165) is 58.5 Å². The van der Waals surface area contributed by atoms with Crippen molar-refractivity contribution in [3.63, 3.8) is 0 Å².